The fourth-order valence-corrected chi connectivity index (χ4v) is 3.13. The summed E-state index contributed by atoms with van der Waals surface area (Å²) in [6.45, 7) is 4.16. The largest absolute Gasteiger partial charge is 0.484 e. The molecule has 0 saturated carbocycles. The van der Waals surface area contributed by atoms with Gasteiger partial charge in [0.15, 0.2) is 5.75 Å². The van der Waals surface area contributed by atoms with Crippen molar-refractivity contribution in [2.75, 3.05) is 0 Å². The third-order valence-electron chi connectivity index (χ3n) is 4.68. The average molecular weight is 360 g/mol. The molecule has 0 aliphatic carbocycles. The molecule has 0 aliphatic rings. The van der Waals surface area contributed by atoms with E-state index in [9.17, 15) is 5.11 Å². The van der Waals surface area contributed by atoms with Crippen LogP contribution in [0.5, 0.6) is 11.5 Å². The maximum absolute atomic E-state index is 11.9. The molecule has 1 unspecified atom stereocenters. The van der Waals surface area contributed by atoms with Crippen LogP contribution in [0, 0.1) is 0 Å². The maximum Gasteiger partial charge on any atom is 0.182 e. The van der Waals surface area contributed by atoms with Gasteiger partial charge in [-0.2, -0.15) is 0 Å². The lowest BCUT2D eigenvalue weighted by molar-refractivity contribution is 0.186. The lowest BCUT2D eigenvalue weighted by Crippen LogP contribution is -2.10. The van der Waals surface area contributed by atoms with E-state index in [1.807, 2.05) is 49.4 Å². The minimum absolute atomic E-state index is 0.0687. The van der Waals surface area contributed by atoms with Crippen molar-refractivity contribution in [3.8, 4) is 22.8 Å². The number of nitrogens with zero attached hydrogens (tertiary/aromatic N) is 1. The molecular formula is C24H26NO2. The van der Waals surface area contributed by atoms with Gasteiger partial charge in [0.2, 0.25) is 0 Å². The second-order valence-electron chi connectivity index (χ2n) is 6.69. The summed E-state index contributed by atoms with van der Waals surface area (Å²) >= 11 is 0. The standard InChI is InChI=1S/C24H26NO2/c1-3-5-14-24(27-20-15-16-23(26)18(4-2)17-20)22-13-9-12-21(25-22)19-10-7-6-8-11-19/h6-13,15-17,24H,3-5,14H2,1-2H3. The number of rotatable bonds is 8. The summed E-state index contributed by atoms with van der Waals surface area (Å²) in [5.41, 5.74) is 3.75. The normalized spacial score (nSPS) is 11.9. The third kappa shape index (κ3) is 4.88. The highest BCUT2D eigenvalue weighted by Gasteiger charge is 2.16. The molecule has 0 bridgehead atoms. The van der Waals surface area contributed by atoms with Gasteiger partial charge in [-0.15, -0.1) is 0 Å². The third-order valence-corrected chi connectivity index (χ3v) is 4.68. The molecule has 0 saturated heterocycles. The zero-order chi connectivity index (χ0) is 19.1. The van der Waals surface area contributed by atoms with Crippen molar-refractivity contribution in [1.29, 1.82) is 0 Å². The van der Waals surface area contributed by atoms with E-state index in [2.05, 4.69) is 19.1 Å². The molecular weight excluding hydrogens is 334 g/mol. The molecule has 2 aromatic carbocycles. The van der Waals surface area contributed by atoms with E-state index in [1.165, 1.54) is 0 Å². The highest BCUT2D eigenvalue weighted by Crippen LogP contribution is 2.30. The Hall–Kier alpha value is -2.81. The summed E-state index contributed by atoms with van der Waals surface area (Å²) in [6, 6.07) is 21.5. The first-order chi connectivity index (χ1) is 13.2. The Labute approximate surface area is 161 Å². The van der Waals surface area contributed by atoms with E-state index in [0.717, 1.165) is 47.5 Å². The number of aryl methyl sites for hydroxylation is 1. The van der Waals surface area contributed by atoms with Crippen LogP contribution < -0.4 is 4.74 Å². The number of ether oxygens (including phenoxy) is 1. The van der Waals surface area contributed by atoms with E-state index < -0.39 is 0 Å². The first-order valence-electron chi connectivity index (χ1n) is 9.70. The first kappa shape index (κ1) is 19.0. The average Bonchev–Trinajstić information content (AvgIpc) is 2.73. The van der Waals surface area contributed by atoms with Crippen LogP contribution >= 0.6 is 0 Å². The predicted molar refractivity (Wildman–Crippen MR) is 109 cm³/mol. The number of hydrogen-bond acceptors (Lipinski definition) is 2. The highest BCUT2D eigenvalue weighted by molar-refractivity contribution is 5.58. The van der Waals surface area contributed by atoms with E-state index in [1.54, 1.807) is 12.1 Å². The number of aromatic nitrogens is 1. The van der Waals surface area contributed by atoms with E-state index in [4.69, 9.17) is 9.72 Å². The Morgan fingerprint density at radius 3 is 2.52 bits per heavy atom. The monoisotopic (exact) mass is 360 g/mol. The van der Waals surface area contributed by atoms with Crippen molar-refractivity contribution < 1.29 is 9.84 Å². The van der Waals surface area contributed by atoms with Gasteiger partial charge in [0.05, 0.1) is 11.4 Å². The fourth-order valence-electron chi connectivity index (χ4n) is 3.13. The van der Waals surface area contributed by atoms with Gasteiger partial charge in [-0.3, -0.25) is 5.11 Å². The van der Waals surface area contributed by atoms with Crippen LogP contribution in [0.4, 0.5) is 0 Å². The molecule has 1 heterocycles. The van der Waals surface area contributed by atoms with Crippen molar-refractivity contribution in [1.82, 2.24) is 4.98 Å². The Bertz CT molecular complexity index is 861. The van der Waals surface area contributed by atoms with Crippen LogP contribution in [-0.2, 0) is 11.5 Å². The van der Waals surface area contributed by atoms with Crippen LogP contribution in [0.2, 0.25) is 0 Å². The van der Waals surface area contributed by atoms with Gasteiger partial charge >= 0.3 is 0 Å². The van der Waals surface area contributed by atoms with Crippen LogP contribution in [0.1, 0.15) is 50.5 Å². The molecule has 3 aromatic rings. The van der Waals surface area contributed by atoms with Crippen molar-refractivity contribution in [3.63, 3.8) is 0 Å². The molecule has 1 atom stereocenters. The van der Waals surface area contributed by atoms with Crippen LogP contribution in [0.15, 0.2) is 66.7 Å². The van der Waals surface area contributed by atoms with Crippen LogP contribution in [0.25, 0.3) is 11.3 Å². The van der Waals surface area contributed by atoms with E-state index in [0.29, 0.717) is 6.42 Å². The molecule has 3 nitrogen and oxygen atoms in total. The molecule has 0 N–H and O–H groups in total. The molecule has 0 amide bonds. The number of unbranched alkanes of at least 4 members (excludes halogenated alkanes) is 1. The summed E-state index contributed by atoms with van der Waals surface area (Å²) in [5.74, 6) is 0.804. The molecule has 1 aromatic heterocycles. The minimum Gasteiger partial charge on any atom is -0.484 e. The van der Waals surface area contributed by atoms with Crippen LogP contribution in [0.3, 0.4) is 0 Å². The second kappa shape index (κ2) is 9.22. The SMILES string of the molecule is CCCCC(Oc1ccc([O])c(CC)c1)c1cccc(-c2ccccc2)n1. The quantitative estimate of drug-likeness (QED) is 0.445. The number of benzene rings is 2. The van der Waals surface area contributed by atoms with Gasteiger partial charge in [-0.05, 0) is 49.6 Å². The number of pyridine rings is 1. The van der Waals surface area contributed by atoms with Gasteiger partial charge in [0.1, 0.15) is 11.9 Å². The summed E-state index contributed by atoms with van der Waals surface area (Å²) < 4.78 is 6.29. The molecule has 0 spiro atoms. The van der Waals surface area contributed by atoms with Crippen LogP contribution in [-0.4, -0.2) is 4.98 Å². The first-order valence-corrected chi connectivity index (χ1v) is 9.70. The Kier molecular flexibility index (Phi) is 6.48. The summed E-state index contributed by atoms with van der Waals surface area (Å²) in [4.78, 5) is 4.87. The Balaban J connectivity index is 1.88. The lowest BCUT2D eigenvalue weighted by Gasteiger charge is -2.20. The smallest absolute Gasteiger partial charge is 0.182 e. The Morgan fingerprint density at radius 2 is 1.78 bits per heavy atom. The second-order valence-corrected chi connectivity index (χ2v) is 6.69. The summed E-state index contributed by atoms with van der Waals surface area (Å²) in [5, 5.41) is 11.9. The minimum atomic E-state index is -0.129. The molecule has 27 heavy (non-hydrogen) atoms. The van der Waals surface area contributed by atoms with Crippen molar-refractivity contribution in [3.05, 3.63) is 78.0 Å². The van der Waals surface area contributed by atoms with Gasteiger partial charge in [-0.1, -0.05) is 56.7 Å². The molecule has 3 heteroatoms. The zero-order valence-corrected chi connectivity index (χ0v) is 16.0. The Morgan fingerprint density at radius 1 is 0.963 bits per heavy atom. The van der Waals surface area contributed by atoms with E-state index >= 15 is 0 Å². The molecule has 1 radical (unpaired) electrons. The summed E-state index contributed by atoms with van der Waals surface area (Å²) in [7, 11) is 0. The van der Waals surface area contributed by atoms with E-state index in [-0.39, 0.29) is 11.9 Å². The molecule has 0 fully saturated rings. The predicted octanol–water partition coefficient (Wildman–Crippen LogP) is 6.77. The topological polar surface area (TPSA) is 42.0 Å². The van der Waals surface area contributed by atoms with Crippen molar-refractivity contribution >= 4 is 0 Å². The lowest BCUT2D eigenvalue weighted by atomic mass is 10.1. The van der Waals surface area contributed by atoms with Gasteiger partial charge < -0.3 is 4.74 Å². The maximum atomic E-state index is 11.9. The van der Waals surface area contributed by atoms with Crippen molar-refractivity contribution in [2.24, 2.45) is 0 Å². The highest BCUT2D eigenvalue weighted by atomic mass is 16.5. The molecule has 3 rings (SSSR count). The van der Waals surface area contributed by atoms with Gasteiger partial charge in [0, 0.05) is 11.1 Å². The molecule has 0 aliphatic heterocycles. The van der Waals surface area contributed by atoms with Gasteiger partial charge in [-0.25, -0.2) is 4.98 Å². The molecule has 139 valence electrons. The fraction of sp³-hybridized carbons (Fsp3) is 0.292. The number of hydrogen-bond donors (Lipinski definition) is 0. The zero-order valence-electron chi connectivity index (χ0n) is 16.0. The summed E-state index contributed by atoms with van der Waals surface area (Å²) in [6.07, 6.45) is 3.62. The van der Waals surface area contributed by atoms with Crippen molar-refractivity contribution in [2.45, 2.75) is 45.6 Å². The van der Waals surface area contributed by atoms with Gasteiger partial charge in [0.25, 0.3) is 0 Å².